The predicted octanol–water partition coefficient (Wildman–Crippen LogP) is 2.17. The number of benzene rings is 1. The van der Waals surface area contributed by atoms with Gasteiger partial charge < -0.3 is 10.6 Å². The Morgan fingerprint density at radius 3 is 2.67 bits per heavy atom. The maximum Gasteiger partial charge on any atom is 0.319 e. The Morgan fingerprint density at radius 1 is 1.17 bits per heavy atom. The number of rotatable bonds is 4. The molecular formula is C18H22N4O2. The molecule has 126 valence electrons. The van der Waals surface area contributed by atoms with Gasteiger partial charge in [0, 0.05) is 18.3 Å². The first kappa shape index (κ1) is 16.2. The number of anilines is 1. The second-order valence-electron chi connectivity index (χ2n) is 6.29. The third-order valence-electron chi connectivity index (χ3n) is 4.11. The molecule has 3 rings (SSSR count). The number of carbonyl (C=O) groups is 1. The molecule has 0 fully saturated rings. The van der Waals surface area contributed by atoms with Gasteiger partial charge >= 0.3 is 6.03 Å². The molecule has 1 aliphatic carbocycles. The van der Waals surface area contributed by atoms with E-state index in [0.29, 0.717) is 13.1 Å². The zero-order chi connectivity index (χ0) is 17.1. The van der Waals surface area contributed by atoms with Gasteiger partial charge in [-0.25, -0.2) is 9.48 Å². The topological polar surface area (TPSA) is 76.0 Å². The van der Waals surface area contributed by atoms with E-state index in [1.165, 1.54) is 4.68 Å². The highest BCUT2D eigenvalue weighted by Crippen LogP contribution is 2.16. The van der Waals surface area contributed by atoms with Crippen LogP contribution in [0, 0.1) is 13.8 Å². The Balaban J connectivity index is 1.55. The van der Waals surface area contributed by atoms with Gasteiger partial charge in [0.05, 0.1) is 12.2 Å². The summed E-state index contributed by atoms with van der Waals surface area (Å²) in [6, 6.07) is 7.27. The van der Waals surface area contributed by atoms with Crippen molar-refractivity contribution in [1.29, 1.82) is 0 Å². The number of nitrogens with one attached hydrogen (secondary N) is 2. The molecule has 0 bridgehead atoms. The van der Waals surface area contributed by atoms with Crippen LogP contribution in [0.2, 0.25) is 0 Å². The number of aromatic nitrogens is 2. The molecule has 24 heavy (non-hydrogen) atoms. The summed E-state index contributed by atoms with van der Waals surface area (Å²) in [6.45, 7) is 4.69. The molecule has 0 saturated heterocycles. The van der Waals surface area contributed by atoms with Crippen molar-refractivity contribution >= 4 is 11.7 Å². The van der Waals surface area contributed by atoms with Crippen LogP contribution in [-0.4, -0.2) is 22.4 Å². The average Bonchev–Trinajstić information content (AvgIpc) is 2.93. The van der Waals surface area contributed by atoms with Crippen molar-refractivity contribution in [3.05, 3.63) is 57.0 Å². The molecule has 2 aromatic rings. The van der Waals surface area contributed by atoms with Crippen molar-refractivity contribution in [2.45, 2.75) is 39.7 Å². The molecule has 0 unspecified atom stereocenters. The summed E-state index contributed by atoms with van der Waals surface area (Å²) in [6.07, 6.45) is 2.92. The minimum absolute atomic E-state index is 0.104. The fourth-order valence-electron chi connectivity index (χ4n) is 3.10. The standard InChI is InChI=1S/C18H22N4O2/c1-12-8-13(2)10-15(9-12)20-18(24)19-6-7-22-17(23)11-14-4-3-5-16(14)21-22/h8-11H,3-7H2,1-2H3,(H2,19,20,24). The van der Waals surface area contributed by atoms with Crippen LogP contribution in [0.3, 0.4) is 0 Å². The molecule has 0 atom stereocenters. The fraction of sp³-hybridized carbons (Fsp3) is 0.389. The van der Waals surface area contributed by atoms with E-state index in [1.54, 1.807) is 6.07 Å². The lowest BCUT2D eigenvalue weighted by molar-refractivity contribution is 0.251. The van der Waals surface area contributed by atoms with Crippen molar-refractivity contribution in [1.82, 2.24) is 15.1 Å². The molecule has 0 saturated carbocycles. The minimum atomic E-state index is -0.283. The van der Waals surface area contributed by atoms with E-state index in [2.05, 4.69) is 21.8 Å². The van der Waals surface area contributed by atoms with Gasteiger partial charge in [0.2, 0.25) is 0 Å². The zero-order valence-corrected chi connectivity index (χ0v) is 14.1. The van der Waals surface area contributed by atoms with Crippen LogP contribution < -0.4 is 16.2 Å². The van der Waals surface area contributed by atoms with Gasteiger partial charge in [0.15, 0.2) is 0 Å². The normalized spacial score (nSPS) is 12.8. The van der Waals surface area contributed by atoms with Crippen LogP contribution in [0.5, 0.6) is 0 Å². The largest absolute Gasteiger partial charge is 0.336 e. The Morgan fingerprint density at radius 2 is 1.92 bits per heavy atom. The second kappa shape index (κ2) is 6.86. The Bertz CT molecular complexity index is 806. The molecule has 0 spiro atoms. The average molecular weight is 326 g/mol. The SMILES string of the molecule is Cc1cc(C)cc(NC(=O)NCCn2nc3c(cc2=O)CCC3)c1. The molecule has 6 heteroatoms. The van der Waals surface area contributed by atoms with Crippen LogP contribution in [0.15, 0.2) is 29.1 Å². The lowest BCUT2D eigenvalue weighted by Crippen LogP contribution is -2.34. The number of hydrogen-bond donors (Lipinski definition) is 2. The summed E-state index contributed by atoms with van der Waals surface area (Å²) in [5, 5.41) is 9.96. The van der Waals surface area contributed by atoms with Crippen molar-refractivity contribution in [3.63, 3.8) is 0 Å². The van der Waals surface area contributed by atoms with Crippen LogP contribution in [0.4, 0.5) is 10.5 Å². The number of carbonyl (C=O) groups excluding carboxylic acids is 1. The first-order valence-corrected chi connectivity index (χ1v) is 8.24. The summed E-state index contributed by atoms with van der Waals surface area (Å²) >= 11 is 0. The van der Waals surface area contributed by atoms with Crippen LogP contribution >= 0.6 is 0 Å². The van der Waals surface area contributed by atoms with Crippen molar-refractivity contribution in [2.24, 2.45) is 0 Å². The van der Waals surface area contributed by atoms with E-state index in [0.717, 1.165) is 47.3 Å². The van der Waals surface area contributed by atoms with Crippen LogP contribution in [0.1, 0.15) is 28.8 Å². The lowest BCUT2D eigenvalue weighted by atomic mass is 10.1. The van der Waals surface area contributed by atoms with Crippen molar-refractivity contribution in [3.8, 4) is 0 Å². The fourth-order valence-corrected chi connectivity index (χ4v) is 3.10. The van der Waals surface area contributed by atoms with Gasteiger partial charge in [-0.15, -0.1) is 0 Å². The molecule has 1 aliphatic rings. The molecular weight excluding hydrogens is 304 g/mol. The number of urea groups is 1. The quantitative estimate of drug-likeness (QED) is 0.904. The van der Waals surface area contributed by atoms with Gasteiger partial charge in [-0.05, 0) is 61.9 Å². The highest BCUT2D eigenvalue weighted by molar-refractivity contribution is 5.89. The third kappa shape index (κ3) is 3.82. The highest BCUT2D eigenvalue weighted by atomic mass is 16.2. The number of aryl methyl sites for hydroxylation is 4. The molecule has 1 aromatic carbocycles. The van der Waals surface area contributed by atoms with Gasteiger partial charge in [-0.1, -0.05) is 6.07 Å². The maximum atomic E-state index is 12.0. The van der Waals surface area contributed by atoms with Crippen LogP contribution in [0.25, 0.3) is 0 Å². The van der Waals surface area contributed by atoms with Gasteiger partial charge in [0.1, 0.15) is 0 Å². The summed E-state index contributed by atoms with van der Waals surface area (Å²) in [5.41, 5.74) is 4.93. The van der Waals surface area contributed by atoms with E-state index in [1.807, 2.05) is 26.0 Å². The second-order valence-corrected chi connectivity index (χ2v) is 6.29. The molecule has 2 N–H and O–H groups in total. The van der Waals surface area contributed by atoms with Crippen molar-refractivity contribution in [2.75, 3.05) is 11.9 Å². The van der Waals surface area contributed by atoms with E-state index < -0.39 is 0 Å². The molecule has 1 aromatic heterocycles. The molecule has 0 aliphatic heterocycles. The Kier molecular flexibility index (Phi) is 4.64. The van der Waals surface area contributed by atoms with Gasteiger partial charge in [-0.3, -0.25) is 4.79 Å². The smallest absolute Gasteiger partial charge is 0.319 e. The molecule has 6 nitrogen and oxygen atoms in total. The monoisotopic (exact) mass is 326 g/mol. The van der Waals surface area contributed by atoms with E-state index >= 15 is 0 Å². The zero-order valence-electron chi connectivity index (χ0n) is 14.1. The summed E-state index contributed by atoms with van der Waals surface area (Å²) < 4.78 is 1.43. The first-order valence-electron chi connectivity index (χ1n) is 8.24. The first-order chi connectivity index (χ1) is 11.5. The Hall–Kier alpha value is -2.63. The summed E-state index contributed by atoms with van der Waals surface area (Å²) in [7, 11) is 0. The molecule has 1 heterocycles. The minimum Gasteiger partial charge on any atom is -0.336 e. The van der Waals surface area contributed by atoms with Gasteiger partial charge in [-0.2, -0.15) is 5.10 Å². The predicted molar refractivity (Wildman–Crippen MR) is 93.5 cm³/mol. The number of nitrogens with zero attached hydrogens (tertiary/aromatic N) is 2. The van der Waals surface area contributed by atoms with E-state index in [4.69, 9.17) is 0 Å². The summed E-state index contributed by atoms with van der Waals surface area (Å²) in [4.78, 5) is 24.0. The molecule has 2 amide bonds. The van der Waals surface area contributed by atoms with E-state index in [9.17, 15) is 9.59 Å². The lowest BCUT2D eigenvalue weighted by Gasteiger charge is -2.10. The molecule has 0 radical (unpaired) electrons. The maximum absolute atomic E-state index is 12.0. The van der Waals surface area contributed by atoms with Gasteiger partial charge in [0.25, 0.3) is 5.56 Å². The number of amides is 2. The van der Waals surface area contributed by atoms with Crippen LogP contribution in [-0.2, 0) is 19.4 Å². The van der Waals surface area contributed by atoms with E-state index in [-0.39, 0.29) is 11.6 Å². The van der Waals surface area contributed by atoms with Crippen molar-refractivity contribution < 1.29 is 4.79 Å². The summed E-state index contributed by atoms with van der Waals surface area (Å²) in [5.74, 6) is 0. The number of fused-ring (bicyclic) bond motifs is 1. The number of hydrogen-bond acceptors (Lipinski definition) is 3. The Labute approximate surface area is 140 Å². The third-order valence-corrected chi connectivity index (χ3v) is 4.11. The highest BCUT2D eigenvalue weighted by Gasteiger charge is 2.14.